The average Bonchev–Trinajstić information content (AvgIpc) is 3.08. The molecule has 2 heterocycles. The van der Waals surface area contributed by atoms with E-state index in [4.69, 9.17) is 4.74 Å². The lowest BCUT2D eigenvalue weighted by molar-refractivity contribution is -0.142. The van der Waals surface area contributed by atoms with Gasteiger partial charge in [-0.3, -0.25) is 24.1 Å². The van der Waals surface area contributed by atoms with Crippen molar-refractivity contribution in [2.24, 2.45) is 4.99 Å². The molecule has 1 fully saturated rings. The second-order valence-corrected chi connectivity index (χ2v) is 6.91. The van der Waals surface area contributed by atoms with Crippen LogP contribution in [0.15, 0.2) is 23.2 Å². The number of ether oxygens (including phenoxy) is 1. The van der Waals surface area contributed by atoms with Gasteiger partial charge in [-0.15, -0.1) is 0 Å². The number of amides is 3. The highest BCUT2D eigenvalue weighted by atomic mass is 32.1. The highest BCUT2D eigenvalue weighted by Gasteiger charge is 2.30. The molecule has 0 aliphatic carbocycles. The van der Waals surface area contributed by atoms with E-state index in [1.165, 1.54) is 18.4 Å². The summed E-state index contributed by atoms with van der Waals surface area (Å²) in [5, 5.41) is 0. The molecule has 1 saturated heterocycles. The number of carbonyl (C=O) groups excluding carboxylic acids is 4. The van der Waals surface area contributed by atoms with Gasteiger partial charge in [-0.1, -0.05) is 17.4 Å². The van der Waals surface area contributed by atoms with E-state index in [1.807, 2.05) is 25.1 Å². The summed E-state index contributed by atoms with van der Waals surface area (Å²) in [5.74, 6) is -1.82. The molecule has 0 N–H and O–H groups in total. The van der Waals surface area contributed by atoms with Crippen molar-refractivity contribution in [1.29, 1.82) is 0 Å². The van der Waals surface area contributed by atoms with Crippen molar-refractivity contribution in [2.45, 2.75) is 26.3 Å². The number of hydrogen-bond acceptors (Lipinski definition) is 6. The van der Waals surface area contributed by atoms with Crippen LogP contribution in [0.3, 0.4) is 0 Å². The van der Waals surface area contributed by atoms with Crippen molar-refractivity contribution in [3.63, 3.8) is 0 Å². The molecule has 8 nitrogen and oxygen atoms in total. The standard InChI is InChI=1S/C17H17N3O5S/c1-10-3-4-11-12(7-10)26-17(19(11)9-16(24)25-2)18-13(21)8-20-14(22)5-6-15(20)23/h3-4,7H,5-6,8-9H2,1-2H3. The molecule has 2 aromatic rings. The van der Waals surface area contributed by atoms with Crippen molar-refractivity contribution in [3.8, 4) is 0 Å². The van der Waals surface area contributed by atoms with E-state index in [9.17, 15) is 19.2 Å². The number of thiazole rings is 1. The van der Waals surface area contributed by atoms with Gasteiger partial charge in [0.25, 0.3) is 5.91 Å². The van der Waals surface area contributed by atoms with Gasteiger partial charge in [0.2, 0.25) is 11.8 Å². The molecule has 1 aromatic heterocycles. The van der Waals surface area contributed by atoms with Gasteiger partial charge in [0.05, 0.1) is 17.3 Å². The zero-order chi connectivity index (χ0) is 18.8. The fraction of sp³-hybridized carbons (Fsp3) is 0.353. The number of nitrogens with zero attached hydrogens (tertiary/aromatic N) is 3. The summed E-state index contributed by atoms with van der Waals surface area (Å²) in [7, 11) is 1.29. The number of imide groups is 1. The first-order chi connectivity index (χ1) is 12.4. The number of methoxy groups -OCH3 is 1. The number of esters is 1. The Kier molecular flexibility index (Phi) is 4.99. The van der Waals surface area contributed by atoms with E-state index in [-0.39, 0.29) is 37.7 Å². The number of aryl methyl sites for hydroxylation is 1. The van der Waals surface area contributed by atoms with Crippen LogP contribution in [-0.2, 0) is 30.5 Å². The molecule has 0 atom stereocenters. The van der Waals surface area contributed by atoms with Crippen LogP contribution in [0.2, 0.25) is 0 Å². The van der Waals surface area contributed by atoms with Gasteiger partial charge in [0, 0.05) is 12.8 Å². The van der Waals surface area contributed by atoms with E-state index >= 15 is 0 Å². The third kappa shape index (κ3) is 3.57. The summed E-state index contributed by atoms with van der Waals surface area (Å²) in [4.78, 5) is 52.6. The van der Waals surface area contributed by atoms with Crippen molar-refractivity contribution < 1.29 is 23.9 Å². The van der Waals surface area contributed by atoms with Crippen LogP contribution in [0, 0.1) is 6.92 Å². The maximum atomic E-state index is 12.3. The Morgan fingerprint density at radius 3 is 2.54 bits per heavy atom. The minimum Gasteiger partial charge on any atom is -0.468 e. The average molecular weight is 375 g/mol. The molecule has 0 spiro atoms. The summed E-state index contributed by atoms with van der Waals surface area (Å²) >= 11 is 1.26. The van der Waals surface area contributed by atoms with E-state index in [0.29, 0.717) is 4.80 Å². The van der Waals surface area contributed by atoms with E-state index in [2.05, 4.69) is 4.99 Å². The molecule has 0 unspecified atom stereocenters. The van der Waals surface area contributed by atoms with Crippen molar-refractivity contribution >= 4 is 45.2 Å². The first-order valence-electron chi connectivity index (χ1n) is 7.96. The monoisotopic (exact) mass is 375 g/mol. The van der Waals surface area contributed by atoms with Gasteiger partial charge < -0.3 is 9.30 Å². The first-order valence-corrected chi connectivity index (χ1v) is 8.78. The number of likely N-dealkylation sites (tertiary alicyclic amines) is 1. The topological polar surface area (TPSA) is 98.0 Å². The summed E-state index contributed by atoms with van der Waals surface area (Å²) < 4.78 is 7.18. The van der Waals surface area contributed by atoms with Crippen LogP contribution in [-0.4, -0.2) is 46.8 Å². The van der Waals surface area contributed by atoms with E-state index in [0.717, 1.165) is 20.7 Å². The fourth-order valence-corrected chi connectivity index (χ4v) is 3.83. The zero-order valence-corrected chi connectivity index (χ0v) is 15.2. The third-order valence-corrected chi connectivity index (χ3v) is 5.06. The molecule has 3 amide bonds. The second kappa shape index (κ2) is 7.20. The SMILES string of the molecule is COC(=O)Cn1c(=NC(=O)CN2C(=O)CCC2=O)sc2cc(C)ccc21. The molecule has 1 aliphatic rings. The van der Waals surface area contributed by atoms with Crippen molar-refractivity contribution in [2.75, 3.05) is 13.7 Å². The third-order valence-electron chi connectivity index (χ3n) is 4.02. The van der Waals surface area contributed by atoms with E-state index < -0.39 is 11.9 Å². The Balaban J connectivity index is 1.99. The molecule has 0 radical (unpaired) electrons. The van der Waals surface area contributed by atoms with Gasteiger partial charge in [0.15, 0.2) is 4.80 Å². The number of carbonyl (C=O) groups is 4. The van der Waals surface area contributed by atoms with Crippen LogP contribution in [0.4, 0.5) is 0 Å². The normalized spacial score (nSPS) is 15.2. The highest BCUT2D eigenvalue weighted by molar-refractivity contribution is 7.16. The Labute approximate surface area is 152 Å². The predicted molar refractivity (Wildman–Crippen MR) is 93.1 cm³/mol. The van der Waals surface area contributed by atoms with Crippen LogP contribution in [0.5, 0.6) is 0 Å². The summed E-state index contributed by atoms with van der Waals surface area (Å²) in [6.45, 7) is 1.47. The Bertz CT molecular complexity index is 972. The lowest BCUT2D eigenvalue weighted by Gasteiger charge is -2.10. The molecule has 1 aliphatic heterocycles. The Morgan fingerprint density at radius 2 is 1.88 bits per heavy atom. The van der Waals surface area contributed by atoms with Gasteiger partial charge in [-0.2, -0.15) is 4.99 Å². The minimum absolute atomic E-state index is 0.0900. The van der Waals surface area contributed by atoms with Crippen LogP contribution in [0.1, 0.15) is 18.4 Å². The molecular weight excluding hydrogens is 358 g/mol. The molecule has 3 rings (SSSR count). The molecular formula is C17H17N3O5S. The summed E-state index contributed by atoms with van der Waals surface area (Å²) in [5.41, 5.74) is 1.79. The van der Waals surface area contributed by atoms with Crippen LogP contribution < -0.4 is 4.80 Å². The quantitative estimate of drug-likeness (QED) is 0.580. The molecule has 136 valence electrons. The van der Waals surface area contributed by atoms with Gasteiger partial charge in [-0.25, -0.2) is 0 Å². The fourth-order valence-electron chi connectivity index (χ4n) is 2.69. The van der Waals surface area contributed by atoms with E-state index in [1.54, 1.807) is 4.57 Å². The lowest BCUT2D eigenvalue weighted by atomic mass is 10.2. The maximum Gasteiger partial charge on any atom is 0.325 e. The number of benzene rings is 1. The maximum absolute atomic E-state index is 12.3. The van der Waals surface area contributed by atoms with Crippen molar-refractivity contribution in [1.82, 2.24) is 9.47 Å². The van der Waals surface area contributed by atoms with Crippen LogP contribution >= 0.6 is 11.3 Å². The lowest BCUT2D eigenvalue weighted by Crippen LogP contribution is -2.34. The van der Waals surface area contributed by atoms with Crippen LogP contribution in [0.25, 0.3) is 10.2 Å². The van der Waals surface area contributed by atoms with Gasteiger partial charge in [-0.05, 0) is 24.6 Å². The molecule has 0 saturated carbocycles. The summed E-state index contributed by atoms with van der Waals surface area (Å²) in [6.07, 6.45) is 0.243. The molecule has 1 aromatic carbocycles. The predicted octanol–water partition coefficient (Wildman–Crippen LogP) is 0.761. The summed E-state index contributed by atoms with van der Waals surface area (Å²) in [6, 6.07) is 5.68. The van der Waals surface area contributed by atoms with Crippen molar-refractivity contribution in [3.05, 3.63) is 28.6 Å². The number of aromatic nitrogens is 1. The zero-order valence-electron chi connectivity index (χ0n) is 14.4. The number of rotatable bonds is 4. The number of hydrogen-bond donors (Lipinski definition) is 0. The largest absolute Gasteiger partial charge is 0.468 e. The Morgan fingerprint density at radius 1 is 1.19 bits per heavy atom. The molecule has 9 heteroatoms. The molecule has 0 bridgehead atoms. The van der Waals surface area contributed by atoms with Gasteiger partial charge >= 0.3 is 5.97 Å². The molecule has 26 heavy (non-hydrogen) atoms. The minimum atomic E-state index is -0.615. The highest BCUT2D eigenvalue weighted by Crippen LogP contribution is 2.19. The smallest absolute Gasteiger partial charge is 0.325 e. The number of fused-ring (bicyclic) bond motifs is 1. The Hall–Kier alpha value is -2.81. The first kappa shape index (κ1) is 18.0. The second-order valence-electron chi connectivity index (χ2n) is 5.90. The van der Waals surface area contributed by atoms with Gasteiger partial charge in [0.1, 0.15) is 13.1 Å².